The first-order valence-electron chi connectivity index (χ1n) is 9.58. The van der Waals surface area contributed by atoms with Crippen molar-refractivity contribution in [2.24, 2.45) is 0 Å². The third kappa shape index (κ3) is 7.83. The highest BCUT2D eigenvalue weighted by Gasteiger charge is 2.31. The Morgan fingerprint density at radius 1 is 1.03 bits per heavy atom. The molecule has 2 aromatic rings. The van der Waals surface area contributed by atoms with E-state index >= 15 is 0 Å². The molecule has 0 aliphatic rings. The summed E-state index contributed by atoms with van der Waals surface area (Å²) in [6.45, 7) is 1.37. The van der Waals surface area contributed by atoms with Gasteiger partial charge < -0.3 is 25.2 Å². The molecule has 0 saturated heterocycles. The minimum absolute atomic E-state index is 0.0120. The molecule has 0 fully saturated rings. The Morgan fingerprint density at radius 2 is 1.68 bits per heavy atom. The number of esters is 1. The molecule has 0 aliphatic heterocycles. The lowest BCUT2D eigenvalue weighted by atomic mass is 10.0. The van der Waals surface area contributed by atoms with Gasteiger partial charge in [0, 0.05) is 9.99 Å². The number of methoxy groups -OCH3 is 1. The largest absolute Gasteiger partial charge is 0.467 e. The van der Waals surface area contributed by atoms with E-state index in [0.29, 0.717) is 0 Å². The Hall–Kier alpha value is -2.66. The van der Waals surface area contributed by atoms with Crippen LogP contribution in [0, 0.1) is 3.57 Å². The number of halogens is 1. The fourth-order valence-corrected chi connectivity index (χ4v) is 3.39. The number of rotatable bonds is 9. The molecule has 0 spiro atoms. The molecule has 0 unspecified atom stereocenters. The lowest BCUT2D eigenvalue weighted by molar-refractivity contribution is -0.145. The van der Waals surface area contributed by atoms with Crippen molar-refractivity contribution in [1.82, 2.24) is 10.6 Å². The van der Waals surface area contributed by atoms with Crippen LogP contribution in [0.5, 0.6) is 0 Å². The summed E-state index contributed by atoms with van der Waals surface area (Å²) < 4.78 is 10.8. The van der Waals surface area contributed by atoms with Crippen LogP contribution >= 0.6 is 22.6 Å². The van der Waals surface area contributed by atoms with Gasteiger partial charge in [-0.15, -0.1) is 0 Å². The first-order chi connectivity index (χ1) is 14.8. The van der Waals surface area contributed by atoms with Crippen molar-refractivity contribution >= 4 is 40.6 Å². The Morgan fingerprint density at radius 3 is 2.29 bits per heavy atom. The second-order valence-electron chi connectivity index (χ2n) is 6.80. The number of aliphatic hydroxyl groups excluding tert-OH is 1. The van der Waals surface area contributed by atoms with E-state index in [4.69, 9.17) is 9.47 Å². The molecular weight excluding hydrogens is 515 g/mol. The summed E-state index contributed by atoms with van der Waals surface area (Å²) in [4.78, 5) is 37.1. The molecule has 2 aromatic carbocycles. The predicted octanol–water partition coefficient (Wildman–Crippen LogP) is 2.17. The quantitative estimate of drug-likeness (QED) is 0.332. The molecule has 3 atom stereocenters. The van der Waals surface area contributed by atoms with E-state index in [0.717, 1.165) is 14.7 Å². The zero-order valence-electron chi connectivity index (χ0n) is 17.2. The maximum absolute atomic E-state index is 12.7. The molecule has 0 heterocycles. The van der Waals surface area contributed by atoms with Crippen molar-refractivity contribution in [2.75, 3.05) is 7.11 Å². The molecule has 31 heavy (non-hydrogen) atoms. The number of benzene rings is 2. The molecular formula is C22H25IN2O6. The van der Waals surface area contributed by atoms with E-state index in [-0.39, 0.29) is 13.0 Å². The van der Waals surface area contributed by atoms with Crippen LogP contribution in [-0.4, -0.2) is 48.4 Å². The van der Waals surface area contributed by atoms with Gasteiger partial charge in [0.15, 0.2) is 0 Å². The van der Waals surface area contributed by atoms with Crippen molar-refractivity contribution < 1.29 is 29.0 Å². The standard InChI is InChI=1S/C22H25IN2O6/c1-14(26)19(25-22(29)31-13-15-8-4-3-5-9-15)20(27)24-18(21(28)30-2)12-16-10-6-7-11-17(16)23/h3-11,14,18-19,26H,12-13H2,1-2H3,(H,24,27)(H,25,29)/t14-,18+,19+/m1/s1. The molecule has 0 bridgehead atoms. The van der Waals surface area contributed by atoms with Gasteiger partial charge in [0.2, 0.25) is 5.91 Å². The van der Waals surface area contributed by atoms with E-state index in [1.807, 2.05) is 42.5 Å². The van der Waals surface area contributed by atoms with Crippen LogP contribution in [0.3, 0.4) is 0 Å². The van der Waals surface area contributed by atoms with Crippen LogP contribution in [0.2, 0.25) is 0 Å². The predicted molar refractivity (Wildman–Crippen MR) is 122 cm³/mol. The van der Waals surface area contributed by atoms with Crippen LogP contribution in [0.25, 0.3) is 0 Å². The van der Waals surface area contributed by atoms with E-state index in [9.17, 15) is 19.5 Å². The molecule has 0 aromatic heterocycles. The molecule has 2 amide bonds. The number of hydrogen-bond donors (Lipinski definition) is 3. The van der Waals surface area contributed by atoms with E-state index in [1.54, 1.807) is 12.1 Å². The summed E-state index contributed by atoms with van der Waals surface area (Å²) in [7, 11) is 1.22. The van der Waals surface area contributed by atoms with Crippen LogP contribution in [0.1, 0.15) is 18.1 Å². The number of alkyl carbamates (subject to hydrolysis) is 1. The Balaban J connectivity index is 2.03. The second kappa shape index (κ2) is 12.3. The summed E-state index contributed by atoms with van der Waals surface area (Å²) in [6.07, 6.45) is -1.89. The molecule has 0 saturated carbocycles. The maximum Gasteiger partial charge on any atom is 0.408 e. The van der Waals surface area contributed by atoms with Gasteiger partial charge in [-0.1, -0.05) is 48.5 Å². The van der Waals surface area contributed by atoms with Crippen LogP contribution in [0.15, 0.2) is 54.6 Å². The summed E-state index contributed by atoms with van der Waals surface area (Å²) in [5, 5.41) is 14.9. The minimum Gasteiger partial charge on any atom is -0.467 e. The summed E-state index contributed by atoms with van der Waals surface area (Å²) in [6, 6.07) is 14.2. The van der Waals surface area contributed by atoms with Crippen molar-refractivity contribution in [3.05, 3.63) is 69.3 Å². The van der Waals surface area contributed by atoms with Gasteiger partial charge in [0.05, 0.1) is 13.2 Å². The summed E-state index contributed by atoms with van der Waals surface area (Å²) in [5.74, 6) is -1.36. The van der Waals surface area contributed by atoms with Gasteiger partial charge in [-0.3, -0.25) is 4.79 Å². The average molecular weight is 540 g/mol. The summed E-state index contributed by atoms with van der Waals surface area (Å²) >= 11 is 2.14. The highest BCUT2D eigenvalue weighted by molar-refractivity contribution is 14.1. The number of carbonyl (C=O) groups excluding carboxylic acids is 3. The fraction of sp³-hybridized carbons (Fsp3) is 0.318. The van der Waals surface area contributed by atoms with E-state index in [1.165, 1.54) is 14.0 Å². The van der Waals surface area contributed by atoms with E-state index in [2.05, 4.69) is 33.2 Å². The third-order valence-corrected chi connectivity index (χ3v) is 5.49. The maximum atomic E-state index is 12.7. The molecule has 3 N–H and O–H groups in total. The highest BCUT2D eigenvalue weighted by Crippen LogP contribution is 2.14. The zero-order chi connectivity index (χ0) is 22.8. The fourth-order valence-electron chi connectivity index (χ4n) is 2.78. The van der Waals surface area contributed by atoms with Crippen molar-refractivity contribution in [2.45, 2.75) is 38.1 Å². The first kappa shape index (κ1) is 24.6. The molecule has 2 rings (SSSR count). The Bertz CT molecular complexity index is 891. The number of ether oxygens (including phenoxy) is 2. The third-order valence-electron chi connectivity index (χ3n) is 4.44. The topological polar surface area (TPSA) is 114 Å². The van der Waals surface area contributed by atoms with Gasteiger partial charge >= 0.3 is 12.1 Å². The number of amides is 2. The Kier molecular flexibility index (Phi) is 9.73. The monoisotopic (exact) mass is 540 g/mol. The normalized spacial score (nSPS) is 13.4. The van der Waals surface area contributed by atoms with Crippen molar-refractivity contribution in [1.29, 1.82) is 0 Å². The molecule has 9 heteroatoms. The smallest absolute Gasteiger partial charge is 0.408 e. The number of hydrogen-bond acceptors (Lipinski definition) is 6. The van der Waals surface area contributed by atoms with Gasteiger partial charge in [0.25, 0.3) is 0 Å². The molecule has 8 nitrogen and oxygen atoms in total. The van der Waals surface area contributed by atoms with Crippen LogP contribution < -0.4 is 10.6 Å². The minimum atomic E-state index is -1.31. The van der Waals surface area contributed by atoms with Crippen LogP contribution in [-0.2, 0) is 32.1 Å². The molecule has 0 aliphatic carbocycles. The van der Waals surface area contributed by atoms with Gasteiger partial charge in [-0.25, -0.2) is 9.59 Å². The number of carbonyl (C=O) groups is 3. The molecule has 166 valence electrons. The summed E-state index contributed by atoms with van der Waals surface area (Å²) in [5.41, 5.74) is 1.63. The van der Waals surface area contributed by atoms with Crippen molar-refractivity contribution in [3.8, 4) is 0 Å². The first-order valence-corrected chi connectivity index (χ1v) is 10.7. The van der Waals surface area contributed by atoms with Gasteiger partial charge in [-0.05, 0) is 46.7 Å². The lowest BCUT2D eigenvalue weighted by Crippen LogP contribution is -2.56. The van der Waals surface area contributed by atoms with Gasteiger partial charge in [-0.2, -0.15) is 0 Å². The Labute approximate surface area is 194 Å². The van der Waals surface area contributed by atoms with Crippen molar-refractivity contribution in [3.63, 3.8) is 0 Å². The van der Waals surface area contributed by atoms with E-state index < -0.39 is 36.2 Å². The number of nitrogens with one attached hydrogen (secondary N) is 2. The lowest BCUT2D eigenvalue weighted by Gasteiger charge is -2.24. The van der Waals surface area contributed by atoms with Crippen LogP contribution in [0.4, 0.5) is 4.79 Å². The zero-order valence-corrected chi connectivity index (χ0v) is 19.4. The SMILES string of the molecule is COC(=O)[C@H](Cc1ccccc1I)NC(=O)[C@@H](NC(=O)OCc1ccccc1)[C@@H](C)O. The molecule has 0 radical (unpaired) electrons. The number of aliphatic hydroxyl groups is 1. The van der Waals surface area contributed by atoms with Gasteiger partial charge in [0.1, 0.15) is 18.7 Å². The highest BCUT2D eigenvalue weighted by atomic mass is 127. The average Bonchev–Trinajstić information content (AvgIpc) is 2.76. The second-order valence-corrected chi connectivity index (χ2v) is 7.97.